The number of para-hydroxylation sites is 1. The minimum atomic E-state index is -0.101. The van der Waals surface area contributed by atoms with Gasteiger partial charge in [0.2, 0.25) is 0 Å². The lowest BCUT2D eigenvalue weighted by Crippen LogP contribution is -2.37. The summed E-state index contributed by atoms with van der Waals surface area (Å²) in [5.41, 5.74) is 2.82. The standard InChI is InChI=1S/C21H23N3O2/c1-16-19(20(22-26-16)17-10-6-4-7-11-17)21(25)24(15-14-23(2)3)18-12-8-5-9-13-18/h4-13H,14-15H2,1-3H3. The normalized spacial score (nSPS) is 10.9. The van der Waals surface area contributed by atoms with Gasteiger partial charge in [-0.05, 0) is 33.2 Å². The van der Waals surface area contributed by atoms with Gasteiger partial charge in [0, 0.05) is 24.3 Å². The Balaban J connectivity index is 2.01. The predicted molar refractivity (Wildman–Crippen MR) is 103 cm³/mol. The van der Waals surface area contributed by atoms with Crippen molar-refractivity contribution in [3.63, 3.8) is 0 Å². The van der Waals surface area contributed by atoms with Crippen LogP contribution in [0.15, 0.2) is 65.2 Å². The molecule has 0 aliphatic rings. The molecule has 0 aliphatic heterocycles. The number of hydrogen-bond donors (Lipinski definition) is 0. The fraction of sp³-hybridized carbons (Fsp3) is 0.238. The lowest BCUT2D eigenvalue weighted by Gasteiger charge is -2.24. The molecule has 0 fully saturated rings. The fourth-order valence-corrected chi connectivity index (χ4v) is 2.81. The third-order valence-corrected chi connectivity index (χ3v) is 4.21. The van der Waals surface area contributed by atoms with Crippen LogP contribution in [0.3, 0.4) is 0 Å². The van der Waals surface area contributed by atoms with Crippen LogP contribution in [0.2, 0.25) is 0 Å². The highest BCUT2D eigenvalue weighted by Gasteiger charge is 2.27. The number of aryl methyl sites for hydroxylation is 1. The van der Waals surface area contributed by atoms with Gasteiger partial charge < -0.3 is 14.3 Å². The molecule has 1 aromatic heterocycles. The van der Waals surface area contributed by atoms with E-state index in [0.717, 1.165) is 17.8 Å². The number of aromatic nitrogens is 1. The number of benzene rings is 2. The van der Waals surface area contributed by atoms with Gasteiger partial charge in [0.1, 0.15) is 17.0 Å². The molecule has 0 N–H and O–H groups in total. The average molecular weight is 349 g/mol. The molecule has 0 bridgehead atoms. The van der Waals surface area contributed by atoms with Crippen LogP contribution >= 0.6 is 0 Å². The maximum absolute atomic E-state index is 13.4. The molecule has 0 atom stereocenters. The Morgan fingerprint density at radius 1 is 0.962 bits per heavy atom. The van der Waals surface area contributed by atoms with Gasteiger partial charge in [-0.25, -0.2) is 0 Å². The van der Waals surface area contributed by atoms with Gasteiger partial charge in [-0.2, -0.15) is 0 Å². The van der Waals surface area contributed by atoms with E-state index in [4.69, 9.17) is 4.52 Å². The van der Waals surface area contributed by atoms with Gasteiger partial charge >= 0.3 is 0 Å². The minimum Gasteiger partial charge on any atom is -0.360 e. The van der Waals surface area contributed by atoms with Crippen LogP contribution in [0.25, 0.3) is 11.3 Å². The lowest BCUT2D eigenvalue weighted by atomic mass is 10.0. The molecule has 3 rings (SSSR count). The zero-order chi connectivity index (χ0) is 18.5. The maximum Gasteiger partial charge on any atom is 0.264 e. The van der Waals surface area contributed by atoms with Crippen LogP contribution in [-0.2, 0) is 0 Å². The number of anilines is 1. The molecule has 0 unspecified atom stereocenters. The highest BCUT2D eigenvalue weighted by molar-refractivity contribution is 6.10. The fourth-order valence-electron chi connectivity index (χ4n) is 2.81. The first kappa shape index (κ1) is 17.9. The zero-order valence-electron chi connectivity index (χ0n) is 15.3. The number of rotatable bonds is 6. The van der Waals surface area contributed by atoms with Crippen molar-refractivity contribution < 1.29 is 9.32 Å². The van der Waals surface area contributed by atoms with Gasteiger partial charge in [0.05, 0.1) is 0 Å². The molecular formula is C21H23N3O2. The summed E-state index contributed by atoms with van der Waals surface area (Å²) in [6, 6.07) is 19.3. The minimum absolute atomic E-state index is 0.101. The van der Waals surface area contributed by atoms with E-state index in [0.29, 0.717) is 23.6 Å². The molecule has 5 nitrogen and oxygen atoms in total. The molecule has 2 aromatic carbocycles. The van der Waals surface area contributed by atoms with E-state index in [-0.39, 0.29) is 5.91 Å². The smallest absolute Gasteiger partial charge is 0.264 e. The largest absolute Gasteiger partial charge is 0.360 e. The quantitative estimate of drug-likeness (QED) is 0.678. The van der Waals surface area contributed by atoms with E-state index in [2.05, 4.69) is 10.1 Å². The summed E-state index contributed by atoms with van der Waals surface area (Å²) >= 11 is 0. The molecule has 1 heterocycles. The molecule has 134 valence electrons. The number of hydrogen-bond acceptors (Lipinski definition) is 4. The van der Waals surface area contributed by atoms with E-state index in [1.165, 1.54) is 0 Å². The van der Waals surface area contributed by atoms with Crippen LogP contribution in [0.1, 0.15) is 16.1 Å². The van der Waals surface area contributed by atoms with Crippen molar-refractivity contribution in [1.29, 1.82) is 0 Å². The van der Waals surface area contributed by atoms with E-state index in [1.54, 1.807) is 11.8 Å². The third kappa shape index (κ3) is 3.83. The first-order valence-electron chi connectivity index (χ1n) is 8.61. The Morgan fingerprint density at radius 2 is 1.58 bits per heavy atom. The molecule has 0 saturated heterocycles. The summed E-state index contributed by atoms with van der Waals surface area (Å²) in [6.45, 7) is 3.11. The lowest BCUT2D eigenvalue weighted by molar-refractivity contribution is 0.0984. The van der Waals surface area contributed by atoms with E-state index in [1.807, 2.05) is 74.8 Å². The van der Waals surface area contributed by atoms with Gasteiger partial charge in [-0.15, -0.1) is 0 Å². The molecule has 3 aromatic rings. The van der Waals surface area contributed by atoms with Crippen molar-refractivity contribution in [1.82, 2.24) is 10.1 Å². The monoisotopic (exact) mass is 349 g/mol. The molecular weight excluding hydrogens is 326 g/mol. The van der Waals surface area contributed by atoms with Crippen molar-refractivity contribution in [3.05, 3.63) is 72.0 Å². The molecule has 0 spiro atoms. The summed E-state index contributed by atoms with van der Waals surface area (Å²) in [6.07, 6.45) is 0. The summed E-state index contributed by atoms with van der Waals surface area (Å²) in [5.74, 6) is 0.426. The summed E-state index contributed by atoms with van der Waals surface area (Å²) in [4.78, 5) is 17.3. The predicted octanol–water partition coefficient (Wildman–Crippen LogP) is 3.86. The second-order valence-corrected chi connectivity index (χ2v) is 6.42. The Labute approximate surface area is 153 Å². The van der Waals surface area contributed by atoms with E-state index >= 15 is 0 Å². The van der Waals surface area contributed by atoms with E-state index in [9.17, 15) is 4.79 Å². The Morgan fingerprint density at radius 3 is 2.19 bits per heavy atom. The van der Waals surface area contributed by atoms with E-state index < -0.39 is 0 Å². The van der Waals surface area contributed by atoms with Crippen LogP contribution in [0.4, 0.5) is 5.69 Å². The second-order valence-electron chi connectivity index (χ2n) is 6.42. The van der Waals surface area contributed by atoms with Crippen LogP contribution in [-0.4, -0.2) is 43.1 Å². The van der Waals surface area contributed by atoms with Crippen molar-refractivity contribution in [2.24, 2.45) is 0 Å². The number of nitrogens with zero attached hydrogens (tertiary/aromatic N) is 3. The van der Waals surface area contributed by atoms with Gasteiger partial charge in [-0.3, -0.25) is 4.79 Å². The Hall–Kier alpha value is -2.92. The Bertz CT molecular complexity index is 857. The number of amides is 1. The van der Waals surface area contributed by atoms with Gasteiger partial charge in [-0.1, -0.05) is 53.7 Å². The highest BCUT2D eigenvalue weighted by atomic mass is 16.5. The van der Waals surface area contributed by atoms with Crippen LogP contribution in [0, 0.1) is 6.92 Å². The summed E-state index contributed by atoms with van der Waals surface area (Å²) < 4.78 is 5.37. The molecule has 1 amide bonds. The Kier molecular flexibility index (Phi) is 5.49. The maximum atomic E-state index is 13.4. The van der Waals surface area contributed by atoms with Crippen molar-refractivity contribution in [3.8, 4) is 11.3 Å². The number of likely N-dealkylation sites (N-methyl/N-ethyl adjacent to an activating group) is 1. The summed E-state index contributed by atoms with van der Waals surface area (Å²) in [7, 11) is 3.99. The molecule has 0 aliphatic carbocycles. The van der Waals surface area contributed by atoms with Crippen molar-refractivity contribution in [2.75, 3.05) is 32.1 Å². The first-order valence-corrected chi connectivity index (χ1v) is 8.61. The molecule has 5 heteroatoms. The topological polar surface area (TPSA) is 49.6 Å². The summed E-state index contributed by atoms with van der Waals surface area (Å²) in [5, 5.41) is 4.15. The van der Waals surface area contributed by atoms with Gasteiger partial charge in [0.25, 0.3) is 5.91 Å². The highest BCUT2D eigenvalue weighted by Crippen LogP contribution is 2.28. The van der Waals surface area contributed by atoms with Crippen molar-refractivity contribution >= 4 is 11.6 Å². The van der Waals surface area contributed by atoms with Gasteiger partial charge in [0.15, 0.2) is 0 Å². The molecule has 26 heavy (non-hydrogen) atoms. The van der Waals surface area contributed by atoms with Crippen molar-refractivity contribution in [2.45, 2.75) is 6.92 Å². The first-order chi connectivity index (χ1) is 12.6. The van der Waals surface area contributed by atoms with Crippen LogP contribution in [0.5, 0.6) is 0 Å². The number of carbonyl (C=O) groups excluding carboxylic acids is 1. The SMILES string of the molecule is Cc1onc(-c2ccccc2)c1C(=O)N(CCN(C)C)c1ccccc1. The molecule has 0 radical (unpaired) electrons. The molecule has 0 saturated carbocycles. The second kappa shape index (κ2) is 7.97. The number of carbonyl (C=O) groups is 1. The van der Waals surface area contributed by atoms with Crippen LogP contribution < -0.4 is 4.90 Å². The average Bonchev–Trinajstić information content (AvgIpc) is 3.04. The zero-order valence-corrected chi connectivity index (χ0v) is 15.3. The third-order valence-electron chi connectivity index (χ3n) is 4.21.